The first kappa shape index (κ1) is 23.8. The van der Waals surface area contributed by atoms with E-state index in [4.69, 9.17) is 10.8 Å². The van der Waals surface area contributed by atoms with Crippen molar-refractivity contribution in [2.45, 2.75) is 44.4 Å². The van der Waals surface area contributed by atoms with E-state index in [9.17, 15) is 24.3 Å². The van der Waals surface area contributed by atoms with Crippen molar-refractivity contribution in [2.75, 3.05) is 6.61 Å². The molecule has 4 atom stereocenters. The summed E-state index contributed by atoms with van der Waals surface area (Å²) >= 11 is 0. The van der Waals surface area contributed by atoms with Crippen LogP contribution in [0.15, 0.2) is 30.5 Å². The van der Waals surface area contributed by atoms with Gasteiger partial charge in [-0.3, -0.25) is 19.2 Å². The molecule has 0 aliphatic carbocycles. The molecule has 0 aliphatic rings. The van der Waals surface area contributed by atoms with Crippen molar-refractivity contribution < 1.29 is 29.4 Å². The van der Waals surface area contributed by atoms with Crippen LogP contribution in [0.25, 0.3) is 10.9 Å². The highest BCUT2D eigenvalue weighted by atomic mass is 16.4. The molecule has 0 radical (unpaired) electrons. The molecular formula is C20H27N5O6. The van der Waals surface area contributed by atoms with E-state index in [1.807, 2.05) is 24.3 Å². The summed E-state index contributed by atoms with van der Waals surface area (Å²) in [6.45, 7) is 2.00. The van der Waals surface area contributed by atoms with E-state index >= 15 is 0 Å². The molecule has 4 unspecified atom stereocenters. The Labute approximate surface area is 178 Å². The minimum absolute atomic E-state index is 0.0489. The molecule has 11 heteroatoms. The largest absolute Gasteiger partial charge is 0.480 e. The van der Waals surface area contributed by atoms with Gasteiger partial charge in [-0.25, -0.2) is 0 Å². The number of H-pyrrole nitrogens is 1. The van der Waals surface area contributed by atoms with Crippen LogP contribution in [0.1, 0.15) is 19.4 Å². The zero-order valence-corrected chi connectivity index (χ0v) is 17.2. The lowest BCUT2D eigenvalue weighted by Crippen LogP contribution is -2.58. The van der Waals surface area contributed by atoms with Gasteiger partial charge in [-0.15, -0.1) is 0 Å². The van der Waals surface area contributed by atoms with Crippen molar-refractivity contribution in [3.8, 4) is 0 Å². The summed E-state index contributed by atoms with van der Waals surface area (Å²) < 4.78 is 0. The highest BCUT2D eigenvalue weighted by Gasteiger charge is 2.29. The molecule has 1 aromatic heterocycles. The lowest BCUT2D eigenvalue weighted by Gasteiger charge is -2.23. The molecule has 1 aromatic carbocycles. The van der Waals surface area contributed by atoms with Gasteiger partial charge in [-0.2, -0.15) is 0 Å². The molecule has 31 heavy (non-hydrogen) atoms. The summed E-state index contributed by atoms with van der Waals surface area (Å²) in [6, 6.07) is 2.80. The number of aliphatic hydroxyl groups excluding tert-OH is 1. The van der Waals surface area contributed by atoms with Crippen molar-refractivity contribution in [1.29, 1.82) is 0 Å². The zero-order valence-electron chi connectivity index (χ0n) is 17.2. The number of para-hydroxylation sites is 1. The van der Waals surface area contributed by atoms with E-state index in [0.717, 1.165) is 16.5 Å². The van der Waals surface area contributed by atoms with Crippen LogP contribution in [0, 0.1) is 0 Å². The molecule has 0 fully saturated rings. The van der Waals surface area contributed by atoms with Crippen molar-refractivity contribution in [3.63, 3.8) is 0 Å². The molecule has 2 aromatic rings. The van der Waals surface area contributed by atoms with Crippen LogP contribution in [-0.2, 0) is 25.6 Å². The number of rotatable bonds is 10. The van der Waals surface area contributed by atoms with Crippen molar-refractivity contribution in [2.24, 2.45) is 5.73 Å². The van der Waals surface area contributed by atoms with Crippen LogP contribution in [0.4, 0.5) is 0 Å². The van der Waals surface area contributed by atoms with E-state index in [0.29, 0.717) is 0 Å². The number of hydrogen-bond donors (Lipinski definition) is 7. The fourth-order valence-electron chi connectivity index (χ4n) is 2.87. The highest BCUT2D eigenvalue weighted by Crippen LogP contribution is 2.19. The Hall–Kier alpha value is -3.44. The number of aliphatic hydroxyl groups is 1. The summed E-state index contributed by atoms with van der Waals surface area (Å²) in [7, 11) is 0. The van der Waals surface area contributed by atoms with Gasteiger partial charge in [-0.05, 0) is 25.5 Å². The Kier molecular flexibility index (Phi) is 8.11. The average Bonchev–Trinajstić information content (AvgIpc) is 3.13. The Balaban J connectivity index is 2.24. The van der Waals surface area contributed by atoms with E-state index in [2.05, 4.69) is 20.9 Å². The summed E-state index contributed by atoms with van der Waals surface area (Å²) in [5.41, 5.74) is 7.02. The van der Waals surface area contributed by atoms with Crippen LogP contribution in [0.3, 0.4) is 0 Å². The lowest BCUT2D eigenvalue weighted by atomic mass is 10.0. The maximum atomic E-state index is 12.7. The summed E-state index contributed by atoms with van der Waals surface area (Å²) in [6.07, 6.45) is 1.74. The molecule has 0 spiro atoms. The number of amides is 3. The number of carboxylic acid groups (broad SMARTS) is 1. The monoisotopic (exact) mass is 433 g/mol. The second-order valence-corrected chi connectivity index (χ2v) is 7.23. The second-order valence-electron chi connectivity index (χ2n) is 7.23. The first-order valence-corrected chi connectivity index (χ1v) is 9.69. The molecular weight excluding hydrogens is 406 g/mol. The van der Waals surface area contributed by atoms with Crippen LogP contribution in [0.5, 0.6) is 0 Å². The molecule has 3 amide bonds. The number of carboxylic acids is 1. The maximum absolute atomic E-state index is 12.7. The number of aromatic amines is 1. The third kappa shape index (κ3) is 6.27. The van der Waals surface area contributed by atoms with Gasteiger partial charge in [0.1, 0.15) is 18.1 Å². The maximum Gasteiger partial charge on any atom is 0.325 e. The quantitative estimate of drug-likeness (QED) is 0.240. The number of carbonyl (C=O) groups is 4. The number of carbonyl (C=O) groups excluding carboxylic acids is 3. The Bertz CT molecular complexity index is 956. The van der Waals surface area contributed by atoms with Gasteiger partial charge in [0, 0.05) is 23.5 Å². The number of aromatic nitrogens is 1. The minimum atomic E-state index is -1.33. The third-order valence-electron chi connectivity index (χ3n) is 4.69. The van der Waals surface area contributed by atoms with Gasteiger partial charge < -0.3 is 36.9 Å². The van der Waals surface area contributed by atoms with Crippen molar-refractivity contribution >= 4 is 34.6 Å². The minimum Gasteiger partial charge on any atom is -0.480 e. The summed E-state index contributed by atoms with van der Waals surface area (Å²) in [5.74, 6) is -3.41. The lowest BCUT2D eigenvalue weighted by molar-refractivity contribution is -0.141. The Morgan fingerprint density at radius 2 is 1.61 bits per heavy atom. The molecule has 11 nitrogen and oxygen atoms in total. The number of aliphatic carboxylic acids is 1. The van der Waals surface area contributed by atoms with Gasteiger partial charge in [0.25, 0.3) is 0 Å². The van der Waals surface area contributed by atoms with E-state index in [1.54, 1.807) is 6.20 Å². The topological polar surface area (TPSA) is 187 Å². The second kappa shape index (κ2) is 10.5. The molecule has 0 saturated carbocycles. The smallest absolute Gasteiger partial charge is 0.325 e. The Morgan fingerprint density at radius 1 is 1.00 bits per heavy atom. The number of benzene rings is 1. The van der Waals surface area contributed by atoms with Crippen molar-refractivity contribution in [1.82, 2.24) is 20.9 Å². The predicted molar refractivity (Wildman–Crippen MR) is 112 cm³/mol. The fourth-order valence-corrected chi connectivity index (χ4v) is 2.87. The van der Waals surface area contributed by atoms with Crippen molar-refractivity contribution in [3.05, 3.63) is 36.0 Å². The number of nitrogens with two attached hydrogens (primary N) is 1. The molecule has 168 valence electrons. The fraction of sp³-hybridized carbons (Fsp3) is 0.400. The molecule has 8 N–H and O–H groups in total. The van der Waals surface area contributed by atoms with Crippen LogP contribution in [0.2, 0.25) is 0 Å². The number of fused-ring (bicyclic) bond motifs is 1. The third-order valence-corrected chi connectivity index (χ3v) is 4.69. The van der Waals surface area contributed by atoms with Crippen LogP contribution in [-0.4, -0.2) is 69.7 Å². The first-order chi connectivity index (χ1) is 14.6. The first-order valence-electron chi connectivity index (χ1n) is 9.69. The molecule has 1 heterocycles. The molecule has 0 saturated heterocycles. The number of hydrogen-bond acceptors (Lipinski definition) is 6. The van der Waals surface area contributed by atoms with Gasteiger partial charge in [0.15, 0.2) is 0 Å². The van der Waals surface area contributed by atoms with Crippen LogP contribution < -0.4 is 21.7 Å². The molecule has 2 rings (SSSR count). The van der Waals surface area contributed by atoms with Crippen LogP contribution >= 0.6 is 0 Å². The van der Waals surface area contributed by atoms with Gasteiger partial charge >= 0.3 is 5.97 Å². The van der Waals surface area contributed by atoms with Gasteiger partial charge in [0.2, 0.25) is 17.7 Å². The SMILES string of the molecule is CC(N)C(=O)NC(CO)C(=O)NC(Cc1c[nH]c2ccccc12)C(=O)NC(C)C(=O)O. The summed E-state index contributed by atoms with van der Waals surface area (Å²) in [4.78, 5) is 51.3. The average molecular weight is 433 g/mol. The molecule has 0 bridgehead atoms. The molecule has 0 aliphatic heterocycles. The van der Waals surface area contributed by atoms with E-state index < -0.39 is 54.5 Å². The Morgan fingerprint density at radius 3 is 2.23 bits per heavy atom. The van der Waals surface area contributed by atoms with Gasteiger partial charge in [0.05, 0.1) is 12.6 Å². The standard InChI is InChI=1S/C20H27N5O6/c1-10(21)17(27)25-16(9-26)19(29)24-15(18(28)23-11(2)20(30)31)7-12-8-22-14-6-4-3-5-13(12)14/h3-6,8,10-11,15-16,22,26H,7,9,21H2,1-2H3,(H,23,28)(H,24,29)(H,25,27)(H,30,31). The summed E-state index contributed by atoms with van der Waals surface area (Å²) in [5, 5.41) is 26.5. The van der Waals surface area contributed by atoms with E-state index in [1.165, 1.54) is 13.8 Å². The van der Waals surface area contributed by atoms with Gasteiger partial charge in [-0.1, -0.05) is 18.2 Å². The predicted octanol–water partition coefficient (Wildman–Crippen LogP) is -1.39. The normalized spacial score (nSPS) is 14.8. The van der Waals surface area contributed by atoms with E-state index in [-0.39, 0.29) is 6.42 Å². The zero-order chi connectivity index (χ0) is 23.1. The number of nitrogens with one attached hydrogen (secondary N) is 4. The highest BCUT2D eigenvalue weighted by molar-refractivity contribution is 5.94.